The van der Waals surface area contributed by atoms with E-state index in [1.54, 1.807) is 0 Å². The number of aliphatic hydroxyl groups is 2. The van der Waals surface area contributed by atoms with E-state index in [2.05, 4.69) is 4.74 Å². The minimum absolute atomic E-state index is 0.401. The Labute approximate surface area is 59.4 Å². The minimum atomic E-state index is -1.41. The van der Waals surface area contributed by atoms with Crippen LogP contribution in [-0.4, -0.2) is 35.5 Å². The standard InChI is InChI=1S/C6H12O4/c1-2-3-9-5-6(8,4-7)10-5/h5,7-8H,2-4H2,1H3. The Hall–Kier alpha value is -0.160. The Morgan fingerprint density at radius 3 is 2.80 bits per heavy atom. The first-order chi connectivity index (χ1) is 4.73. The molecule has 0 aliphatic carbocycles. The highest BCUT2D eigenvalue weighted by Gasteiger charge is 2.56. The van der Waals surface area contributed by atoms with Crippen LogP contribution in [0.25, 0.3) is 0 Å². The van der Waals surface area contributed by atoms with Crippen LogP contribution in [-0.2, 0) is 9.47 Å². The van der Waals surface area contributed by atoms with Crippen LogP contribution in [0.3, 0.4) is 0 Å². The van der Waals surface area contributed by atoms with Crippen LogP contribution < -0.4 is 0 Å². The van der Waals surface area contributed by atoms with Crippen LogP contribution in [0.4, 0.5) is 0 Å². The zero-order valence-corrected chi connectivity index (χ0v) is 5.91. The summed E-state index contributed by atoms with van der Waals surface area (Å²) in [7, 11) is 0. The van der Waals surface area contributed by atoms with E-state index in [0.29, 0.717) is 6.61 Å². The largest absolute Gasteiger partial charge is 0.391 e. The lowest BCUT2D eigenvalue weighted by Gasteiger charge is -1.99. The number of epoxide rings is 1. The van der Waals surface area contributed by atoms with Crippen molar-refractivity contribution < 1.29 is 19.7 Å². The van der Waals surface area contributed by atoms with Gasteiger partial charge in [0.1, 0.15) is 6.61 Å². The molecule has 1 heterocycles. The Morgan fingerprint density at radius 2 is 2.40 bits per heavy atom. The Morgan fingerprint density at radius 1 is 1.70 bits per heavy atom. The maximum absolute atomic E-state index is 9.03. The molecule has 60 valence electrons. The Kier molecular flexibility index (Phi) is 2.25. The van der Waals surface area contributed by atoms with Gasteiger partial charge in [-0.25, -0.2) is 0 Å². The van der Waals surface area contributed by atoms with Gasteiger partial charge < -0.3 is 19.7 Å². The first-order valence-corrected chi connectivity index (χ1v) is 3.35. The van der Waals surface area contributed by atoms with E-state index in [1.807, 2.05) is 6.92 Å². The highest BCUT2D eigenvalue weighted by atomic mass is 16.9. The quantitative estimate of drug-likeness (QED) is 0.525. The van der Waals surface area contributed by atoms with E-state index in [1.165, 1.54) is 0 Å². The molecule has 2 N–H and O–H groups in total. The van der Waals surface area contributed by atoms with Crippen molar-refractivity contribution in [3.63, 3.8) is 0 Å². The topological polar surface area (TPSA) is 62.2 Å². The molecule has 2 atom stereocenters. The summed E-state index contributed by atoms with van der Waals surface area (Å²) in [6.45, 7) is 2.11. The van der Waals surface area contributed by atoms with E-state index in [9.17, 15) is 0 Å². The van der Waals surface area contributed by atoms with Gasteiger partial charge >= 0.3 is 0 Å². The van der Waals surface area contributed by atoms with E-state index in [0.717, 1.165) is 6.42 Å². The molecule has 4 heteroatoms. The van der Waals surface area contributed by atoms with Gasteiger partial charge in [-0.1, -0.05) is 6.92 Å². The molecule has 1 aliphatic heterocycles. The molecule has 0 aromatic heterocycles. The van der Waals surface area contributed by atoms with Gasteiger partial charge in [0.05, 0.1) is 0 Å². The fraction of sp³-hybridized carbons (Fsp3) is 1.00. The third-order valence-corrected chi connectivity index (χ3v) is 1.32. The average Bonchev–Trinajstić information content (AvgIpc) is 2.59. The van der Waals surface area contributed by atoms with E-state index < -0.39 is 18.7 Å². The number of hydrogen-bond donors (Lipinski definition) is 2. The van der Waals surface area contributed by atoms with Gasteiger partial charge in [0.2, 0.25) is 12.1 Å². The Bertz CT molecular complexity index is 116. The first kappa shape index (κ1) is 7.94. The number of ether oxygens (including phenoxy) is 2. The summed E-state index contributed by atoms with van der Waals surface area (Å²) in [5, 5.41) is 17.5. The van der Waals surface area contributed by atoms with Gasteiger partial charge in [-0.15, -0.1) is 0 Å². The predicted octanol–water partition coefficient (Wildman–Crippen LogP) is -0.550. The van der Waals surface area contributed by atoms with Crippen molar-refractivity contribution in [3.8, 4) is 0 Å². The molecular weight excluding hydrogens is 136 g/mol. The highest BCUT2D eigenvalue weighted by Crippen LogP contribution is 2.33. The average molecular weight is 148 g/mol. The van der Waals surface area contributed by atoms with Crippen molar-refractivity contribution in [2.75, 3.05) is 13.2 Å². The molecule has 0 saturated carbocycles. The lowest BCUT2D eigenvalue weighted by atomic mass is 10.4. The third-order valence-electron chi connectivity index (χ3n) is 1.32. The van der Waals surface area contributed by atoms with Gasteiger partial charge in [0.15, 0.2) is 0 Å². The third kappa shape index (κ3) is 1.46. The molecule has 10 heavy (non-hydrogen) atoms. The summed E-state index contributed by atoms with van der Waals surface area (Å²) >= 11 is 0. The molecule has 2 unspecified atom stereocenters. The van der Waals surface area contributed by atoms with Crippen molar-refractivity contribution in [1.82, 2.24) is 0 Å². The van der Waals surface area contributed by atoms with Crippen molar-refractivity contribution in [3.05, 3.63) is 0 Å². The van der Waals surface area contributed by atoms with Crippen molar-refractivity contribution in [2.24, 2.45) is 0 Å². The second-order valence-electron chi connectivity index (χ2n) is 2.32. The van der Waals surface area contributed by atoms with Crippen LogP contribution >= 0.6 is 0 Å². The predicted molar refractivity (Wildman–Crippen MR) is 33.2 cm³/mol. The number of rotatable bonds is 4. The molecule has 1 aliphatic rings. The summed E-state index contributed by atoms with van der Waals surface area (Å²) in [5.41, 5.74) is 0. The van der Waals surface area contributed by atoms with Crippen LogP contribution in [0.2, 0.25) is 0 Å². The summed E-state index contributed by atoms with van der Waals surface area (Å²) in [4.78, 5) is 0. The van der Waals surface area contributed by atoms with Crippen LogP contribution in [0.15, 0.2) is 0 Å². The molecule has 0 amide bonds. The van der Waals surface area contributed by atoms with Gasteiger partial charge in [0, 0.05) is 6.61 Å². The van der Waals surface area contributed by atoms with Gasteiger partial charge in [-0.2, -0.15) is 0 Å². The molecule has 0 bridgehead atoms. The minimum Gasteiger partial charge on any atom is -0.391 e. The summed E-state index contributed by atoms with van der Waals surface area (Å²) in [5.74, 6) is -1.41. The lowest BCUT2D eigenvalue weighted by molar-refractivity contribution is -0.0179. The molecule has 4 nitrogen and oxygen atoms in total. The smallest absolute Gasteiger partial charge is 0.244 e. The van der Waals surface area contributed by atoms with Crippen LogP contribution in [0.1, 0.15) is 13.3 Å². The van der Waals surface area contributed by atoms with Crippen molar-refractivity contribution in [2.45, 2.75) is 25.4 Å². The summed E-state index contributed by atoms with van der Waals surface area (Å²) in [6.07, 6.45) is 0.263. The molecule has 0 aromatic rings. The van der Waals surface area contributed by atoms with Crippen molar-refractivity contribution in [1.29, 1.82) is 0 Å². The van der Waals surface area contributed by atoms with E-state index in [4.69, 9.17) is 14.9 Å². The second kappa shape index (κ2) is 2.84. The zero-order chi connectivity index (χ0) is 7.61. The molecule has 1 saturated heterocycles. The summed E-state index contributed by atoms with van der Waals surface area (Å²) in [6, 6.07) is 0. The second-order valence-corrected chi connectivity index (χ2v) is 2.32. The highest BCUT2D eigenvalue weighted by molar-refractivity contribution is 4.84. The Balaban J connectivity index is 2.12. The molecule has 1 rings (SSSR count). The van der Waals surface area contributed by atoms with Crippen LogP contribution in [0.5, 0.6) is 0 Å². The van der Waals surface area contributed by atoms with Crippen LogP contribution in [0, 0.1) is 0 Å². The fourth-order valence-corrected chi connectivity index (χ4v) is 0.652. The summed E-state index contributed by atoms with van der Waals surface area (Å²) < 4.78 is 9.62. The number of aliphatic hydroxyl groups excluding tert-OH is 1. The van der Waals surface area contributed by atoms with Gasteiger partial charge in [-0.05, 0) is 6.42 Å². The molecule has 0 radical (unpaired) electrons. The van der Waals surface area contributed by atoms with E-state index >= 15 is 0 Å². The fourth-order valence-electron chi connectivity index (χ4n) is 0.652. The maximum Gasteiger partial charge on any atom is 0.244 e. The molecule has 0 spiro atoms. The molecular formula is C6H12O4. The SMILES string of the molecule is CCCOC1OC1(O)CO. The zero-order valence-electron chi connectivity index (χ0n) is 5.91. The monoisotopic (exact) mass is 148 g/mol. The van der Waals surface area contributed by atoms with Gasteiger partial charge in [0.25, 0.3) is 0 Å². The molecule has 1 fully saturated rings. The normalized spacial score (nSPS) is 38.1. The lowest BCUT2D eigenvalue weighted by Crippen LogP contribution is -2.20. The first-order valence-electron chi connectivity index (χ1n) is 3.35. The molecule has 0 aromatic carbocycles. The van der Waals surface area contributed by atoms with Crippen molar-refractivity contribution >= 4 is 0 Å². The van der Waals surface area contributed by atoms with Gasteiger partial charge in [-0.3, -0.25) is 0 Å². The number of hydrogen-bond acceptors (Lipinski definition) is 4. The van der Waals surface area contributed by atoms with E-state index in [-0.39, 0.29) is 0 Å². The maximum atomic E-state index is 9.03.